The highest BCUT2D eigenvalue weighted by atomic mass is 19.1. The van der Waals surface area contributed by atoms with Crippen molar-refractivity contribution in [2.24, 2.45) is 0 Å². The number of anilines is 1. The molecule has 136 valence electrons. The zero-order chi connectivity index (χ0) is 18.8. The van der Waals surface area contributed by atoms with Gasteiger partial charge in [0.1, 0.15) is 5.82 Å². The van der Waals surface area contributed by atoms with Gasteiger partial charge in [0.25, 0.3) is 0 Å². The first-order chi connectivity index (χ1) is 12.2. The van der Waals surface area contributed by atoms with Crippen molar-refractivity contribution in [1.82, 2.24) is 4.98 Å². The Hall–Kier alpha value is -2.33. The topological polar surface area (TPSA) is 48.0 Å². The van der Waals surface area contributed by atoms with E-state index < -0.39 is 11.6 Å². The van der Waals surface area contributed by atoms with Crippen LogP contribution in [0.5, 0.6) is 0 Å². The quantitative estimate of drug-likeness (QED) is 0.559. The van der Waals surface area contributed by atoms with Gasteiger partial charge < -0.3 is 15.4 Å². The van der Waals surface area contributed by atoms with Crippen molar-refractivity contribution in [3.63, 3.8) is 0 Å². The molecular formula is C22H25FN2O. The van der Waals surface area contributed by atoms with Crippen molar-refractivity contribution in [2.45, 2.75) is 52.2 Å². The molecular weight excluding hydrogens is 327 g/mol. The first-order valence-corrected chi connectivity index (χ1v) is 9.08. The van der Waals surface area contributed by atoms with Gasteiger partial charge in [0, 0.05) is 39.9 Å². The number of H-pyrrole nitrogens is 1. The number of aliphatic hydroxyl groups is 1. The van der Waals surface area contributed by atoms with Crippen LogP contribution in [0.3, 0.4) is 0 Å². The van der Waals surface area contributed by atoms with Crippen LogP contribution < -0.4 is 5.32 Å². The van der Waals surface area contributed by atoms with Crippen LogP contribution in [0.25, 0.3) is 22.0 Å². The van der Waals surface area contributed by atoms with E-state index in [-0.39, 0.29) is 11.7 Å². The Labute approximate surface area is 153 Å². The number of hydrogen-bond donors (Lipinski definition) is 3. The average Bonchev–Trinajstić information content (AvgIpc) is 2.98. The third-order valence-electron chi connectivity index (χ3n) is 5.89. The van der Waals surface area contributed by atoms with E-state index in [2.05, 4.69) is 10.3 Å². The monoisotopic (exact) mass is 352 g/mol. The molecule has 0 radical (unpaired) electrons. The van der Waals surface area contributed by atoms with Crippen LogP contribution >= 0.6 is 0 Å². The Kier molecular flexibility index (Phi) is 3.67. The number of benzene rings is 2. The number of rotatable bonds is 1. The molecule has 0 fully saturated rings. The molecule has 4 rings (SSSR count). The summed E-state index contributed by atoms with van der Waals surface area (Å²) >= 11 is 0. The van der Waals surface area contributed by atoms with E-state index in [0.29, 0.717) is 11.1 Å². The molecule has 0 saturated heterocycles. The fourth-order valence-electron chi connectivity index (χ4n) is 4.25. The van der Waals surface area contributed by atoms with Crippen LogP contribution in [0.4, 0.5) is 10.1 Å². The molecule has 2 atom stereocenters. The van der Waals surface area contributed by atoms with Gasteiger partial charge in [0.2, 0.25) is 0 Å². The first-order valence-electron chi connectivity index (χ1n) is 9.08. The number of para-hydroxylation sites is 1. The van der Waals surface area contributed by atoms with Gasteiger partial charge in [-0.3, -0.25) is 0 Å². The number of aromatic nitrogens is 1. The van der Waals surface area contributed by atoms with Gasteiger partial charge >= 0.3 is 0 Å². The van der Waals surface area contributed by atoms with Gasteiger partial charge in [-0.05, 0) is 44.9 Å². The van der Waals surface area contributed by atoms with E-state index >= 15 is 4.39 Å². The zero-order valence-electron chi connectivity index (χ0n) is 15.9. The second-order valence-electron chi connectivity index (χ2n) is 8.11. The fourth-order valence-corrected chi connectivity index (χ4v) is 4.25. The zero-order valence-corrected chi connectivity index (χ0v) is 15.9. The SMILES string of the molecule is Cc1c(F)c(-c2cccc3c(C)c[nH]c23)cc2c1NC(C)(C)[C@@H](O)[C@@H]2C. The molecule has 3 N–H and O–H groups in total. The number of halogens is 1. The molecule has 26 heavy (non-hydrogen) atoms. The fraction of sp³-hybridized carbons (Fsp3) is 0.364. The van der Waals surface area contributed by atoms with E-state index in [1.165, 1.54) is 0 Å². The predicted octanol–water partition coefficient (Wildman–Crippen LogP) is 5.26. The van der Waals surface area contributed by atoms with Crippen molar-refractivity contribution >= 4 is 16.6 Å². The van der Waals surface area contributed by atoms with E-state index in [0.717, 1.165) is 33.3 Å². The van der Waals surface area contributed by atoms with Crippen LogP contribution in [0, 0.1) is 19.7 Å². The maximum absolute atomic E-state index is 15.4. The lowest BCUT2D eigenvalue weighted by atomic mass is 9.77. The molecule has 3 aromatic rings. The highest BCUT2D eigenvalue weighted by Gasteiger charge is 2.40. The predicted molar refractivity (Wildman–Crippen MR) is 105 cm³/mol. The molecule has 0 spiro atoms. The lowest BCUT2D eigenvalue weighted by Crippen LogP contribution is -2.50. The number of nitrogens with one attached hydrogen (secondary N) is 2. The van der Waals surface area contributed by atoms with Crippen molar-refractivity contribution in [2.75, 3.05) is 5.32 Å². The highest BCUT2D eigenvalue weighted by molar-refractivity contribution is 5.96. The van der Waals surface area contributed by atoms with E-state index in [1.807, 2.05) is 65.1 Å². The summed E-state index contributed by atoms with van der Waals surface area (Å²) in [5.74, 6) is -0.292. The largest absolute Gasteiger partial charge is 0.390 e. The minimum atomic E-state index is -0.545. The van der Waals surface area contributed by atoms with Crippen LogP contribution in [0.2, 0.25) is 0 Å². The maximum Gasteiger partial charge on any atom is 0.136 e. The third-order valence-corrected chi connectivity index (χ3v) is 5.89. The maximum atomic E-state index is 15.4. The minimum Gasteiger partial charge on any atom is -0.390 e. The average molecular weight is 352 g/mol. The van der Waals surface area contributed by atoms with Gasteiger partial charge in [-0.25, -0.2) is 4.39 Å². The Balaban J connectivity index is 1.99. The molecule has 1 aliphatic rings. The normalized spacial score (nSPS) is 21.5. The number of fused-ring (bicyclic) bond motifs is 2. The smallest absolute Gasteiger partial charge is 0.136 e. The van der Waals surface area contributed by atoms with Gasteiger partial charge in [0.15, 0.2) is 0 Å². The summed E-state index contributed by atoms with van der Waals surface area (Å²) in [6, 6.07) is 7.86. The molecule has 0 amide bonds. The summed E-state index contributed by atoms with van der Waals surface area (Å²) < 4.78 is 15.4. The van der Waals surface area contributed by atoms with Gasteiger partial charge in [0.05, 0.1) is 17.2 Å². The lowest BCUT2D eigenvalue weighted by Gasteiger charge is -2.43. The second kappa shape index (κ2) is 5.58. The lowest BCUT2D eigenvalue weighted by molar-refractivity contribution is 0.0868. The molecule has 0 bridgehead atoms. The molecule has 4 heteroatoms. The van der Waals surface area contributed by atoms with Crippen molar-refractivity contribution in [3.05, 3.63) is 53.0 Å². The summed E-state index contributed by atoms with van der Waals surface area (Å²) in [4.78, 5) is 3.28. The summed E-state index contributed by atoms with van der Waals surface area (Å²) in [7, 11) is 0. The number of aromatic amines is 1. The Bertz CT molecular complexity index is 1020. The van der Waals surface area contributed by atoms with E-state index in [4.69, 9.17) is 0 Å². The molecule has 1 aliphatic heterocycles. The van der Waals surface area contributed by atoms with Crippen molar-refractivity contribution in [3.8, 4) is 11.1 Å². The Morgan fingerprint density at radius 2 is 1.88 bits per heavy atom. The molecule has 0 unspecified atom stereocenters. The van der Waals surface area contributed by atoms with Gasteiger partial charge in [-0.15, -0.1) is 0 Å². The second-order valence-corrected chi connectivity index (χ2v) is 8.11. The third kappa shape index (κ3) is 2.28. The summed E-state index contributed by atoms with van der Waals surface area (Å²) in [5.41, 5.74) is 5.39. The first kappa shape index (κ1) is 17.1. The molecule has 0 saturated carbocycles. The van der Waals surface area contributed by atoms with Crippen LogP contribution in [0.1, 0.15) is 43.4 Å². The van der Waals surface area contributed by atoms with Crippen LogP contribution in [0.15, 0.2) is 30.5 Å². The van der Waals surface area contributed by atoms with E-state index in [9.17, 15) is 5.11 Å². The standard InChI is InChI=1S/C22H25FN2O/c1-11-10-24-20-14(11)7-6-8-15(20)17-9-16-12(2)21(26)22(4,5)25-19(16)13(3)18(17)23/h6-10,12,21,24-26H,1-5H3/t12-,21+/m1/s1. The molecule has 2 heterocycles. The summed E-state index contributed by atoms with van der Waals surface area (Å²) in [6.07, 6.45) is 1.41. The number of hydrogen-bond acceptors (Lipinski definition) is 2. The van der Waals surface area contributed by atoms with Gasteiger partial charge in [-0.2, -0.15) is 0 Å². The Morgan fingerprint density at radius 1 is 1.15 bits per heavy atom. The Morgan fingerprint density at radius 3 is 2.62 bits per heavy atom. The molecule has 3 nitrogen and oxygen atoms in total. The highest BCUT2D eigenvalue weighted by Crippen LogP contribution is 2.44. The number of aliphatic hydroxyl groups excluding tert-OH is 1. The van der Waals surface area contributed by atoms with Crippen molar-refractivity contribution in [1.29, 1.82) is 0 Å². The summed E-state index contributed by atoms with van der Waals surface area (Å²) in [5, 5.41) is 15.1. The molecule has 2 aromatic carbocycles. The van der Waals surface area contributed by atoms with Crippen molar-refractivity contribution < 1.29 is 9.50 Å². The van der Waals surface area contributed by atoms with Gasteiger partial charge in [-0.1, -0.05) is 25.1 Å². The van der Waals surface area contributed by atoms with Crippen LogP contribution in [-0.2, 0) is 0 Å². The summed E-state index contributed by atoms with van der Waals surface area (Å²) in [6.45, 7) is 9.76. The molecule has 1 aromatic heterocycles. The van der Waals surface area contributed by atoms with E-state index in [1.54, 1.807) is 0 Å². The number of aryl methyl sites for hydroxylation is 1. The molecule has 0 aliphatic carbocycles. The minimum absolute atomic E-state index is 0.0797. The van der Waals surface area contributed by atoms with Crippen LogP contribution in [-0.4, -0.2) is 21.7 Å².